The first-order valence-corrected chi connectivity index (χ1v) is 8.15. The van der Waals surface area contributed by atoms with Crippen LogP contribution >= 0.6 is 31.9 Å². The maximum Gasteiger partial charge on any atom is 0.359 e. The number of hydrogen-bond acceptors (Lipinski definition) is 0. The molecule has 0 bridgehead atoms. The van der Waals surface area contributed by atoms with Gasteiger partial charge in [0.1, 0.15) is 0 Å². The van der Waals surface area contributed by atoms with Crippen LogP contribution in [0.25, 0.3) is 0 Å². The molecule has 15 heavy (non-hydrogen) atoms. The number of rotatable bonds is 2. The molecule has 0 aliphatic rings. The molecule has 0 saturated carbocycles. The van der Waals surface area contributed by atoms with Crippen molar-refractivity contribution < 1.29 is 21.2 Å². The highest BCUT2D eigenvalue weighted by atomic mass is 127. The van der Waals surface area contributed by atoms with Crippen LogP contribution in [0, 0.1) is 7.14 Å². The third-order valence-corrected chi connectivity index (χ3v) is 7.46. The summed E-state index contributed by atoms with van der Waals surface area (Å²) in [5.74, 6) is 0. The SMILES string of the molecule is Brc1cccc([I+]c2ccccc2)c1Br. The lowest BCUT2D eigenvalue weighted by atomic mass is 10.4. The van der Waals surface area contributed by atoms with Crippen LogP contribution in [0.5, 0.6) is 0 Å². The van der Waals surface area contributed by atoms with Gasteiger partial charge in [-0.15, -0.1) is 0 Å². The van der Waals surface area contributed by atoms with E-state index in [0.717, 1.165) is 4.47 Å². The largest absolute Gasteiger partial charge is 0.359 e. The zero-order valence-corrected chi connectivity index (χ0v) is 13.1. The van der Waals surface area contributed by atoms with Crippen LogP contribution in [0.4, 0.5) is 0 Å². The van der Waals surface area contributed by atoms with E-state index < -0.39 is 0 Å². The molecule has 0 nitrogen and oxygen atoms in total. The zero-order chi connectivity index (χ0) is 10.7. The van der Waals surface area contributed by atoms with Gasteiger partial charge in [0.25, 0.3) is 0 Å². The van der Waals surface area contributed by atoms with Crippen molar-refractivity contribution in [2.75, 3.05) is 0 Å². The van der Waals surface area contributed by atoms with E-state index in [1.54, 1.807) is 0 Å². The van der Waals surface area contributed by atoms with E-state index in [1.807, 2.05) is 0 Å². The predicted octanol–water partition coefficient (Wildman–Crippen LogP) is 1.34. The van der Waals surface area contributed by atoms with E-state index in [9.17, 15) is 0 Å². The first-order chi connectivity index (χ1) is 7.27. The average molecular weight is 439 g/mol. The Morgan fingerprint density at radius 3 is 2.27 bits per heavy atom. The van der Waals surface area contributed by atoms with Gasteiger partial charge in [0.15, 0.2) is 3.57 Å². The molecule has 0 radical (unpaired) electrons. The van der Waals surface area contributed by atoms with Crippen LogP contribution in [0.2, 0.25) is 0 Å². The van der Waals surface area contributed by atoms with Crippen LogP contribution in [0.1, 0.15) is 0 Å². The Bertz CT molecular complexity index is 454. The molecule has 2 rings (SSSR count). The van der Waals surface area contributed by atoms with E-state index in [-0.39, 0.29) is 21.2 Å². The molecule has 2 aromatic rings. The summed E-state index contributed by atoms with van der Waals surface area (Å²) in [5.41, 5.74) is 0. The Hall–Kier alpha value is 0.130. The quantitative estimate of drug-likeness (QED) is 0.490. The lowest BCUT2D eigenvalue weighted by Crippen LogP contribution is -3.61. The molecular weight excluding hydrogens is 431 g/mol. The molecule has 76 valence electrons. The molecule has 0 heterocycles. The van der Waals surface area contributed by atoms with Crippen molar-refractivity contribution in [2.24, 2.45) is 0 Å². The molecule has 0 N–H and O–H groups in total. The third kappa shape index (κ3) is 3.04. The Kier molecular flexibility index (Phi) is 4.22. The Morgan fingerprint density at radius 1 is 0.800 bits per heavy atom. The summed E-state index contributed by atoms with van der Waals surface area (Å²) in [5, 5.41) is 0. The van der Waals surface area contributed by atoms with Gasteiger partial charge in [0.2, 0.25) is 3.57 Å². The minimum Gasteiger partial charge on any atom is -0.0619 e. The summed E-state index contributed by atoms with van der Waals surface area (Å²) in [6.07, 6.45) is 0. The molecule has 0 aliphatic heterocycles. The molecule has 0 unspecified atom stereocenters. The van der Waals surface area contributed by atoms with Crippen molar-refractivity contribution in [3.8, 4) is 0 Å². The highest BCUT2D eigenvalue weighted by molar-refractivity contribution is 9.13. The summed E-state index contributed by atoms with van der Waals surface area (Å²) in [7, 11) is 0. The molecule has 0 amide bonds. The summed E-state index contributed by atoms with van der Waals surface area (Å²) < 4.78 is 5.18. The van der Waals surface area contributed by atoms with Gasteiger partial charge >= 0.3 is 21.2 Å². The second-order valence-electron chi connectivity index (χ2n) is 2.93. The molecule has 0 spiro atoms. The summed E-state index contributed by atoms with van der Waals surface area (Å²) >= 11 is 7.06. The number of hydrogen-bond donors (Lipinski definition) is 0. The Labute approximate surface area is 117 Å². The van der Waals surface area contributed by atoms with E-state index in [2.05, 4.69) is 80.4 Å². The minimum atomic E-state index is -0.0867. The van der Waals surface area contributed by atoms with Crippen LogP contribution in [-0.2, 0) is 0 Å². The van der Waals surface area contributed by atoms with E-state index in [4.69, 9.17) is 0 Å². The molecular formula is C12H8Br2I+. The van der Waals surface area contributed by atoms with Crippen LogP contribution in [-0.4, -0.2) is 0 Å². The van der Waals surface area contributed by atoms with Gasteiger partial charge in [-0.05, 0) is 56.1 Å². The van der Waals surface area contributed by atoms with Crippen molar-refractivity contribution in [1.29, 1.82) is 0 Å². The first kappa shape index (κ1) is 11.6. The van der Waals surface area contributed by atoms with Crippen LogP contribution in [0.15, 0.2) is 57.5 Å². The standard InChI is InChI=1S/C12H8Br2I/c13-10-7-4-8-11(12(10)14)15-9-5-2-1-3-6-9/h1-8H/q+1. The average Bonchev–Trinajstić information content (AvgIpc) is 2.26. The second-order valence-corrected chi connectivity index (χ2v) is 7.52. The molecule has 0 fully saturated rings. The normalized spacial score (nSPS) is 10.3. The van der Waals surface area contributed by atoms with Gasteiger partial charge in [-0.3, -0.25) is 0 Å². The van der Waals surface area contributed by atoms with E-state index in [0.29, 0.717) is 0 Å². The summed E-state index contributed by atoms with van der Waals surface area (Å²) in [4.78, 5) is 0. The summed E-state index contributed by atoms with van der Waals surface area (Å²) in [6.45, 7) is 0. The monoisotopic (exact) mass is 437 g/mol. The predicted molar refractivity (Wildman–Crippen MR) is 65.7 cm³/mol. The highest BCUT2D eigenvalue weighted by Gasteiger charge is 2.19. The fraction of sp³-hybridized carbons (Fsp3) is 0. The Balaban J connectivity index is 2.29. The third-order valence-electron chi connectivity index (χ3n) is 1.85. The highest BCUT2D eigenvalue weighted by Crippen LogP contribution is 2.21. The molecule has 3 heteroatoms. The van der Waals surface area contributed by atoms with Crippen molar-refractivity contribution >= 4 is 31.9 Å². The van der Waals surface area contributed by atoms with Gasteiger partial charge in [-0.1, -0.05) is 24.3 Å². The van der Waals surface area contributed by atoms with Gasteiger partial charge < -0.3 is 0 Å². The molecule has 0 aliphatic carbocycles. The zero-order valence-electron chi connectivity index (χ0n) is 7.75. The van der Waals surface area contributed by atoms with Crippen molar-refractivity contribution in [2.45, 2.75) is 0 Å². The number of benzene rings is 2. The molecule has 2 aromatic carbocycles. The first-order valence-electron chi connectivity index (χ1n) is 4.41. The maximum absolute atomic E-state index is 3.62. The van der Waals surface area contributed by atoms with Crippen LogP contribution in [0.3, 0.4) is 0 Å². The second kappa shape index (κ2) is 5.46. The maximum atomic E-state index is 3.62. The van der Waals surface area contributed by atoms with E-state index in [1.165, 1.54) is 11.6 Å². The van der Waals surface area contributed by atoms with Gasteiger partial charge in [-0.25, -0.2) is 0 Å². The van der Waals surface area contributed by atoms with Crippen molar-refractivity contribution in [3.63, 3.8) is 0 Å². The van der Waals surface area contributed by atoms with Gasteiger partial charge in [0.05, 0.1) is 4.47 Å². The van der Waals surface area contributed by atoms with Crippen molar-refractivity contribution in [3.05, 3.63) is 64.6 Å². The van der Waals surface area contributed by atoms with Crippen molar-refractivity contribution in [1.82, 2.24) is 0 Å². The van der Waals surface area contributed by atoms with E-state index >= 15 is 0 Å². The molecule has 0 atom stereocenters. The number of halogens is 3. The summed E-state index contributed by atoms with van der Waals surface area (Å²) in [6, 6.07) is 17.0. The minimum absolute atomic E-state index is 0.0867. The fourth-order valence-corrected chi connectivity index (χ4v) is 5.01. The smallest absolute Gasteiger partial charge is 0.0619 e. The molecule has 0 aromatic heterocycles. The van der Waals surface area contributed by atoms with Gasteiger partial charge in [0, 0.05) is 4.47 Å². The topological polar surface area (TPSA) is 0 Å². The lowest BCUT2D eigenvalue weighted by Gasteiger charge is -1.94. The fourth-order valence-electron chi connectivity index (χ4n) is 1.15. The van der Waals surface area contributed by atoms with Gasteiger partial charge in [-0.2, -0.15) is 0 Å². The Morgan fingerprint density at radius 2 is 1.53 bits per heavy atom. The molecule has 0 saturated heterocycles. The van der Waals surface area contributed by atoms with Crippen LogP contribution < -0.4 is 21.2 Å². The lowest BCUT2D eigenvalue weighted by molar-refractivity contribution is -0.598.